The number of hydrogen-bond donors (Lipinski definition) is 1. The molecule has 17 heavy (non-hydrogen) atoms. The van der Waals surface area contributed by atoms with E-state index >= 15 is 0 Å². The van der Waals surface area contributed by atoms with Crippen molar-refractivity contribution in [3.8, 4) is 5.75 Å². The lowest BCUT2D eigenvalue weighted by Gasteiger charge is -2.32. The van der Waals surface area contributed by atoms with Gasteiger partial charge in [-0.3, -0.25) is 0 Å². The minimum Gasteiger partial charge on any atom is -0.508 e. The molecule has 2 aliphatic rings. The zero-order valence-electron chi connectivity index (χ0n) is 9.50. The molecule has 1 unspecified atom stereocenters. The molecule has 1 amide bonds. The van der Waals surface area contributed by atoms with Gasteiger partial charge >= 0.3 is 6.09 Å². The quantitative estimate of drug-likeness (QED) is 0.853. The van der Waals surface area contributed by atoms with Gasteiger partial charge in [0, 0.05) is 6.04 Å². The molecule has 1 atom stereocenters. The first-order chi connectivity index (χ1) is 8.24. The van der Waals surface area contributed by atoms with Gasteiger partial charge in [-0.2, -0.15) is 0 Å². The molecular weight excluding hydrogens is 218 g/mol. The molecular formula is C13H15NO3. The van der Waals surface area contributed by atoms with Crippen LogP contribution < -0.4 is 0 Å². The third kappa shape index (κ3) is 1.84. The predicted octanol–water partition coefficient (Wildman–Crippen LogP) is 2.44. The van der Waals surface area contributed by atoms with Crippen molar-refractivity contribution < 1.29 is 14.6 Å². The molecule has 0 spiro atoms. The molecule has 1 N–H and O–H groups in total. The minimum absolute atomic E-state index is 0.209. The van der Waals surface area contributed by atoms with Crippen molar-refractivity contribution in [2.45, 2.75) is 31.4 Å². The summed E-state index contributed by atoms with van der Waals surface area (Å²) in [7, 11) is 0. The maximum atomic E-state index is 11.7. The smallest absolute Gasteiger partial charge is 0.410 e. The van der Waals surface area contributed by atoms with Crippen molar-refractivity contribution in [3.05, 3.63) is 29.8 Å². The lowest BCUT2D eigenvalue weighted by Crippen LogP contribution is -2.40. The number of benzene rings is 1. The van der Waals surface area contributed by atoms with E-state index < -0.39 is 0 Å². The Balaban J connectivity index is 1.76. The summed E-state index contributed by atoms with van der Waals surface area (Å²) in [6.45, 7) is 0.604. The van der Waals surface area contributed by atoms with E-state index in [4.69, 9.17) is 4.74 Å². The summed E-state index contributed by atoms with van der Waals surface area (Å²) in [5.41, 5.74) is 0.861. The Hall–Kier alpha value is -1.71. The van der Waals surface area contributed by atoms with Crippen LogP contribution >= 0.6 is 0 Å². The molecule has 1 heterocycles. The van der Waals surface area contributed by atoms with Crippen molar-refractivity contribution in [3.63, 3.8) is 0 Å². The highest BCUT2D eigenvalue weighted by Gasteiger charge is 2.38. The number of aromatic hydroxyl groups is 1. The first-order valence-electron chi connectivity index (χ1n) is 6.00. The topological polar surface area (TPSA) is 49.8 Å². The number of carbonyl (C=O) groups excluding carboxylic acids is 1. The zero-order valence-corrected chi connectivity index (χ0v) is 9.50. The van der Waals surface area contributed by atoms with Gasteiger partial charge in [0.25, 0.3) is 0 Å². The molecule has 1 aromatic carbocycles. The van der Waals surface area contributed by atoms with Gasteiger partial charge in [0.05, 0.1) is 6.54 Å². The summed E-state index contributed by atoms with van der Waals surface area (Å²) in [5.74, 6) is 0.209. The summed E-state index contributed by atoms with van der Waals surface area (Å²) in [6, 6.07) is 7.28. The van der Waals surface area contributed by atoms with Crippen LogP contribution in [0.5, 0.6) is 5.75 Å². The fraction of sp³-hybridized carbons (Fsp3) is 0.462. The van der Waals surface area contributed by atoms with Crippen LogP contribution in [0.4, 0.5) is 4.79 Å². The highest BCUT2D eigenvalue weighted by Crippen LogP contribution is 2.34. The van der Waals surface area contributed by atoms with Crippen LogP contribution in [0, 0.1) is 0 Å². The molecule has 1 saturated heterocycles. The van der Waals surface area contributed by atoms with E-state index in [1.165, 1.54) is 6.42 Å². The number of nitrogens with zero attached hydrogens (tertiary/aromatic N) is 1. The van der Waals surface area contributed by atoms with E-state index in [1.807, 2.05) is 11.0 Å². The van der Waals surface area contributed by atoms with Gasteiger partial charge in [-0.05, 0) is 37.0 Å². The van der Waals surface area contributed by atoms with Crippen LogP contribution in [0.1, 0.15) is 30.9 Å². The summed E-state index contributed by atoms with van der Waals surface area (Å²) in [4.78, 5) is 13.5. The van der Waals surface area contributed by atoms with Crippen LogP contribution in [0.2, 0.25) is 0 Å². The molecule has 4 nitrogen and oxygen atoms in total. The summed E-state index contributed by atoms with van der Waals surface area (Å²) in [5, 5.41) is 9.42. The number of hydrogen-bond acceptors (Lipinski definition) is 3. The molecule has 0 aromatic heterocycles. The van der Waals surface area contributed by atoms with Crippen LogP contribution in [0.3, 0.4) is 0 Å². The van der Waals surface area contributed by atoms with Crippen molar-refractivity contribution >= 4 is 6.09 Å². The SMILES string of the molecule is O=C1OC(c2cccc(O)c2)CN1C1CCC1. The van der Waals surface area contributed by atoms with E-state index in [0.29, 0.717) is 12.6 Å². The monoisotopic (exact) mass is 233 g/mol. The van der Waals surface area contributed by atoms with Gasteiger partial charge in [0.1, 0.15) is 11.9 Å². The molecule has 0 radical (unpaired) electrons. The van der Waals surface area contributed by atoms with Crippen molar-refractivity contribution in [2.24, 2.45) is 0 Å². The summed E-state index contributed by atoms with van der Waals surface area (Å²) >= 11 is 0. The lowest BCUT2D eigenvalue weighted by atomic mass is 9.91. The second kappa shape index (κ2) is 3.95. The second-order valence-electron chi connectivity index (χ2n) is 4.70. The highest BCUT2D eigenvalue weighted by atomic mass is 16.6. The average Bonchev–Trinajstić information content (AvgIpc) is 2.59. The van der Waals surface area contributed by atoms with Gasteiger partial charge in [-0.1, -0.05) is 12.1 Å². The molecule has 4 heteroatoms. The zero-order chi connectivity index (χ0) is 11.8. The first-order valence-corrected chi connectivity index (χ1v) is 6.00. The van der Waals surface area contributed by atoms with Gasteiger partial charge in [0.2, 0.25) is 0 Å². The minimum atomic E-state index is -0.241. The number of ether oxygens (including phenoxy) is 1. The van der Waals surface area contributed by atoms with Crippen LogP contribution in [0.15, 0.2) is 24.3 Å². The third-order valence-electron chi connectivity index (χ3n) is 3.60. The Morgan fingerprint density at radius 3 is 2.82 bits per heavy atom. The number of cyclic esters (lactones) is 1. The van der Waals surface area contributed by atoms with E-state index in [0.717, 1.165) is 18.4 Å². The Morgan fingerprint density at radius 2 is 2.18 bits per heavy atom. The molecule has 1 saturated carbocycles. The summed E-state index contributed by atoms with van der Waals surface area (Å²) in [6.07, 6.45) is 2.91. The molecule has 1 aromatic rings. The molecule has 3 rings (SSSR count). The number of phenols is 1. The fourth-order valence-corrected chi connectivity index (χ4v) is 2.37. The van der Waals surface area contributed by atoms with E-state index in [1.54, 1.807) is 18.2 Å². The number of phenolic OH excluding ortho intramolecular Hbond substituents is 1. The van der Waals surface area contributed by atoms with Crippen LogP contribution in [0.25, 0.3) is 0 Å². The highest BCUT2D eigenvalue weighted by molar-refractivity contribution is 5.70. The lowest BCUT2D eigenvalue weighted by molar-refractivity contribution is 0.118. The second-order valence-corrected chi connectivity index (χ2v) is 4.70. The number of carbonyl (C=O) groups is 1. The fourth-order valence-electron chi connectivity index (χ4n) is 2.37. The normalized spacial score (nSPS) is 24.6. The Kier molecular flexibility index (Phi) is 2.42. The van der Waals surface area contributed by atoms with Gasteiger partial charge in [-0.15, -0.1) is 0 Å². The maximum absolute atomic E-state index is 11.7. The Morgan fingerprint density at radius 1 is 1.35 bits per heavy atom. The number of amides is 1. The summed E-state index contributed by atoms with van der Waals surface area (Å²) < 4.78 is 5.35. The molecule has 0 bridgehead atoms. The standard InChI is InChI=1S/C13H15NO3/c15-11-6-1-3-9(7-11)12-8-14(13(16)17-12)10-4-2-5-10/h1,3,6-7,10,12,15H,2,4-5,8H2. The van der Waals surface area contributed by atoms with E-state index in [9.17, 15) is 9.90 Å². The van der Waals surface area contributed by atoms with Gasteiger partial charge < -0.3 is 14.7 Å². The Bertz CT molecular complexity index is 442. The van der Waals surface area contributed by atoms with Crippen molar-refractivity contribution in [1.29, 1.82) is 0 Å². The van der Waals surface area contributed by atoms with Crippen LogP contribution in [-0.4, -0.2) is 28.7 Å². The van der Waals surface area contributed by atoms with E-state index in [-0.39, 0.29) is 17.9 Å². The van der Waals surface area contributed by atoms with Crippen molar-refractivity contribution in [1.82, 2.24) is 4.90 Å². The third-order valence-corrected chi connectivity index (χ3v) is 3.60. The van der Waals surface area contributed by atoms with Gasteiger partial charge in [0.15, 0.2) is 0 Å². The predicted molar refractivity (Wildman–Crippen MR) is 61.7 cm³/mol. The van der Waals surface area contributed by atoms with Gasteiger partial charge in [-0.25, -0.2) is 4.79 Å². The molecule has 2 fully saturated rings. The first kappa shape index (κ1) is 10.4. The average molecular weight is 233 g/mol. The van der Waals surface area contributed by atoms with Crippen LogP contribution in [-0.2, 0) is 4.74 Å². The van der Waals surface area contributed by atoms with E-state index in [2.05, 4.69) is 0 Å². The molecule has 90 valence electrons. The molecule has 1 aliphatic heterocycles. The Labute approximate surface area is 99.8 Å². The number of rotatable bonds is 2. The largest absolute Gasteiger partial charge is 0.508 e. The molecule has 1 aliphatic carbocycles. The maximum Gasteiger partial charge on any atom is 0.410 e. The van der Waals surface area contributed by atoms with Crippen molar-refractivity contribution in [2.75, 3.05) is 6.54 Å².